The van der Waals surface area contributed by atoms with Gasteiger partial charge in [-0.25, -0.2) is 12.8 Å². The molecule has 1 saturated heterocycles. The van der Waals surface area contributed by atoms with E-state index in [0.717, 1.165) is 6.07 Å². The zero-order chi connectivity index (χ0) is 15.6. The maximum absolute atomic E-state index is 13.7. The van der Waals surface area contributed by atoms with Gasteiger partial charge in [0.1, 0.15) is 0 Å². The number of halogens is 1. The van der Waals surface area contributed by atoms with E-state index in [2.05, 4.69) is 0 Å². The maximum Gasteiger partial charge on any atom is 0.243 e. The summed E-state index contributed by atoms with van der Waals surface area (Å²) in [6.07, 6.45) is -0.916. The van der Waals surface area contributed by atoms with E-state index in [1.165, 1.54) is 23.5 Å². The summed E-state index contributed by atoms with van der Waals surface area (Å²) in [5, 5.41) is 9.15. The molecule has 0 amide bonds. The monoisotopic (exact) mass is 319 g/mol. The van der Waals surface area contributed by atoms with Gasteiger partial charge in [0.05, 0.1) is 30.8 Å². The number of benzene rings is 1. The maximum atomic E-state index is 13.7. The smallest absolute Gasteiger partial charge is 0.243 e. The highest BCUT2D eigenvalue weighted by molar-refractivity contribution is 7.89. The van der Waals surface area contributed by atoms with Crippen LogP contribution in [-0.2, 0) is 14.8 Å². The predicted octanol–water partition coefficient (Wildman–Crippen LogP) is 0.605. The second-order valence-electron chi connectivity index (χ2n) is 4.87. The van der Waals surface area contributed by atoms with Crippen molar-refractivity contribution < 1.29 is 27.4 Å². The summed E-state index contributed by atoms with van der Waals surface area (Å²) >= 11 is 0. The predicted molar refractivity (Wildman–Crippen MR) is 73.1 cm³/mol. The van der Waals surface area contributed by atoms with Crippen LogP contribution in [0.25, 0.3) is 0 Å². The van der Waals surface area contributed by atoms with Crippen LogP contribution in [0, 0.1) is 5.82 Å². The summed E-state index contributed by atoms with van der Waals surface area (Å²) < 4.78 is 50.1. The number of hydrogen-bond donors (Lipinski definition) is 1. The van der Waals surface area contributed by atoms with E-state index >= 15 is 0 Å². The molecule has 1 aromatic rings. The van der Waals surface area contributed by atoms with Gasteiger partial charge in [0.15, 0.2) is 11.6 Å². The van der Waals surface area contributed by atoms with Crippen LogP contribution < -0.4 is 4.74 Å². The molecular formula is C13H18FNO5S. The highest BCUT2D eigenvalue weighted by atomic mass is 32.2. The molecule has 6 nitrogen and oxygen atoms in total. The molecule has 118 valence electrons. The Morgan fingerprint density at radius 1 is 1.48 bits per heavy atom. The first-order valence-corrected chi connectivity index (χ1v) is 7.92. The van der Waals surface area contributed by atoms with Gasteiger partial charge in [0.25, 0.3) is 0 Å². The van der Waals surface area contributed by atoms with Gasteiger partial charge >= 0.3 is 0 Å². The summed E-state index contributed by atoms with van der Waals surface area (Å²) in [7, 11) is -2.53. The molecule has 1 aliphatic heterocycles. The first-order valence-electron chi connectivity index (χ1n) is 6.48. The van der Waals surface area contributed by atoms with Gasteiger partial charge < -0.3 is 14.6 Å². The zero-order valence-electron chi connectivity index (χ0n) is 11.8. The molecule has 0 aliphatic carbocycles. The molecule has 1 aromatic carbocycles. The van der Waals surface area contributed by atoms with Crippen LogP contribution in [0.15, 0.2) is 23.1 Å². The van der Waals surface area contributed by atoms with Gasteiger partial charge in [-0.3, -0.25) is 0 Å². The number of sulfonamides is 1. The van der Waals surface area contributed by atoms with Crippen LogP contribution in [0.5, 0.6) is 5.75 Å². The van der Waals surface area contributed by atoms with Crippen molar-refractivity contribution in [2.75, 3.05) is 26.8 Å². The molecule has 0 radical (unpaired) electrons. The molecule has 8 heteroatoms. The van der Waals surface area contributed by atoms with Crippen LogP contribution in [0.2, 0.25) is 0 Å². The average molecular weight is 319 g/mol. The normalized spacial score (nSPS) is 24.0. The molecule has 1 fully saturated rings. The minimum Gasteiger partial charge on any atom is -0.494 e. The summed E-state index contributed by atoms with van der Waals surface area (Å²) in [6, 6.07) is 3.50. The fourth-order valence-electron chi connectivity index (χ4n) is 2.26. The summed E-state index contributed by atoms with van der Waals surface area (Å²) in [5.41, 5.74) is 0. The van der Waals surface area contributed by atoms with E-state index in [1.54, 1.807) is 6.92 Å². The van der Waals surface area contributed by atoms with Gasteiger partial charge in [-0.05, 0) is 25.1 Å². The standard InChI is InChI=1S/C13H18FNO5S/c1-9-6-15(7-10(8-16)20-9)21(17,18)11-3-4-13(19-2)12(14)5-11/h3-5,9-10,16H,6-8H2,1-2H3. The fourth-order valence-corrected chi connectivity index (χ4v) is 3.82. The van der Waals surface area contributed by atoms with Crippen molar-refractivity contribution in [2.24, 2.45) is 0 Å². The number of aliphatic hydroxyl groups is 1. The van der Waals surface area contributed by atoms with E-state index in [0.29, 0.717) is 0 Å². The van der Waals surface area contributed by atoms with E-state index in [9.17, 15) is 12.8 Å². The Morgan fingerprint density at radius 3 is 2.76 bits per heavy atom. The number of nitrogens with zero attached hydrogens (tertiary/aromatic N) is 1. The third-order valence-electron chi connectivity index (χ3n) is 3.26. The molecule has 1 N–H and O–H groups in total. The first kappa shape index (κ1) is 16.2. The molecule has 0 aromatic heterocycles. The number of rotatable bonds is 4. The van der Waals surface area contributed by atoms with Gasteiger partial charge in [0, 0.05) is 13.1 Å². The lowest BCUT2D eigenvalue weighted by Gasteiger charge is -2.35. The summed E-state index contributed by atoms with van der Waals surface area (Å²) in [4.78, 5) is -0.147. The van der Waals surface area contributed by atoms with Crippen LogP contribution in [0.4, 0.5) is 4.39 Å². The topological polar surface area (TPSA) is 76.1 Å². The fraction of sp³-hybridized carbons (Fsp3) is 0.538. The molecule has 2 rings (SSSR count). The third kappa shape index (κ3) is 3.34. The molecule has 2 atom stereocenters. The largest absolute Gasteiger partial charge is 0.494 e. The van der Waals surface area contributed by atoms with Crippen molar-refractivity contribution in [3.05, 3.63) is 24.0 Å². The molecule has 1 aliphatic rings. The van der Waals surface area contributed by atoms with Gasteiger partial charge in [-0.2, -0.15) is 4.31 Å². The van der Waals surface area contributed by atoms with Gasteiger partial charge in [-0.1, -0.05) is 0 Å². The minimum absolute atomic E-state index is 0.0162. The van der Waals surface area contributed by atoms with Crippen molar-refractivity contribution in [1.29, 1.82) is 0 Å². The van der Waals surface area contributed by atoms with E-state index in [1.807, 2.05) is 0 Å². The third-order valence-corrected chi connectivity index (χ3v) is 5.09. The van der Waals surface area contributed by atoms with Gasteiger partial charge in [-0.15, -0.1) is 0 Å². The zero-order valence-corrected chi connectivity index (χ0v) is 12.6. The molecular weight excluding hydrogens is 301 g/mol. The lowest BCUT2D eigenvalue weighted by Crippen LogP contribution is -2.50. The number of aliphatic hydroxyl groups excluding tert-OH is 1. The number of methoxy groups -OCH3 is 1. The highest BCUT2D eigenvalue weighted by Crippen LogP contribution is 2.25. The Kier molecular flexibility index (Phi) is 4.82. The quantitative estimate of drug-likeness (QED) is 0.880. The Labute approximate surface area is 123 Å². The number of hydrogen-bond acceptors (Lipinski definition) is 5. The molecule has 21 heavy (non-hydrogen) atoms. The van der Waals surface area contributed by atoms with Crippen LogP contribution in [0.1, 0.15) is 6.92 Å². The van der Waals surface area contributed by atoms with Crippen molar-refractivity contribution in [2.45, 2.75) is 24.0 Å². The Hall–Kier alpha value is -1.22. The van der Waals surface area contributed by atoms with Crippen molar-refractivity contribution in [1.82, 2.24) is 4.31 Å². The van der Waals surface area contributed by atoms with E-state index < -0.39 is 21.9 Å². The van der Waals surface area contributed by atoms with Crippen molar-refractivity contribution >= 4 is 10.0 Å². The van der Waals surface area contributed by atoms with Crippen molar-refractivity contribution in [3.8, 4) is 5.75 Å². The van der Waals surface area contributed by atoms with E-state index in [4.69, 9.17) is 14.6 Å². The number of ether oxygens (including phenoxy) is 2. The number of morpholine rings is 1. The molecule has 0 spiro atoms. The second kappa shape index (κ2) is 6.27. The Morgan fingerprint density at radius 2 is 2.19 bits per heavy atom. The lowest BCUT2D eigenvalue weighted by molar-refractivity contribution is -0.0750. The average Bonchev–Trinajstić information content (AvgIpc) is 2.46. The van der Waals surface area contributed by atoms with Crippen LogP contribution in [-0.4, -0.2) is 56.8 Å². The Bertz CT molecular complexity index is 607. The lowest BCUT2D eigenvalue weighted by atomic mass is 10.2. The summed E-state index contributed by atoms with van der Waals surface area (Å²) in [6.45, 7) is 1.65. The van der Waals surface area contributed by atoms with E-state index in [-0.39, 0.29) is 36.4 Å². The second-order valence-corrected chi connectivity index (χ2v) is 6.81. The molecule has 2 unspecified atom stereocenters. The minimum atomic E-state index is -3.84. The first-order chi connectivity index (χ1) is 9.88. The van der Waals surface area contributed by atoms with Gasteiger partial charge in [0.2, 0.25) is 10.0 Å². The molecule has 1 heterocycles. The van der Waals surface area contributed by atoms with Crippen molar-refractivity contribution in [3.63, 3.8) is 0 Å². The van der Waals surface area contributed by atoms with Crippen LogP contribution in [0.3, 0.4) is 0 Å². The molecule has 0 saturated carbocycles. The van der Waals surface area contributed by atoms with Crippen LogP contribution >= 0.6 is 0 Å². The SMILES string of the molecule is COc1ccc(S(=O)(=O)N2CC(C)OC(CO)C2)cc1F. The summed E-state index contributed by atoms with van der Waals surface area (Å²) in [5.74, 6) is -0.754. The molecule has 0 bridgehead atoms. The highest BCUT2D eigenvalue weighted by Gasteiger charge is 2.33. The Balaban J connectivity index is 2.30.